The van der Waals surface area contributed by atoms with Gasteiger partial charge < -0.3 is 0 Å². The Labute approximate surface area is 79.3 Å². The molecule has 1 atom stereocenters. The molecule has 0 aromatic heterocycles. The Morgan fingerprint density at radius 3 is 2.00 bits per heavy atom. The Morgan fingerprint density at radius 2 is 1.75 bits per heavy atom. The van der Waals surface area contributed by atoms with Crippen LogP contribution in [0.2, 0.25) is 0 Å². The topological polar surface area (TPSA) is 37.4 Å². The van der Waals surface area contributed by atoms with Crippen molar-refractivity contribution in [3.8, 4) is 0 Å². The third-order valence-electron chi connectivity index (χ3n) is 1.78. The van der Waals surface area contributed by atoms with Crippen LogP contribution in [0.1, 0.15) is 27.2 Å². The summed E-state index contributed by atoms with van der Waals surface area (Å²) in [4.78, 5) is 0. The van der Waals surface area contributed by atoms with E-state index in [0.29, 0.717) is 5.92 Å². The molecule has 0 aromatic rings. The largest absolute Gasteiger partial charge is 0.299 e. The Kier molecular flexibility index (Phi) is 4.51. The van der Waals surface area contributed by atoms with Crippen molar-refractivity contribution in [2.75, 3.05) is 7.05 Å². The summed E-state index contributed by atoms with van der Waals surface area (Å²) in [6.07, 6.45) is 0.822. The van der Waals surface area contributed by atoms with E-state index < -0.39 is 9.24 Å². The maximum absolute atomic E-state index is 10.8. The van der Waals surface area contributed by atoms with E-state index in [-0.39, 0.29) is 6.04 Å². The fourth-order valence-corrected chi connectivity index (χ4v) is 1.97. The SMILES string of the molecule is CC(C)CC(C)N(C)S(=O)(=O)Cl. The minimum Gasteiger partial charge on any atom is -0.195 e. The molecule has 1 unspecified atom stereocenters. The molecule has 74 valence electrons. The van der Waals surface area contributed by atoms with Gasteiger partial charge in [-0.2, -0.15) is 12.7 Å². The molecule has 5 heteroatoms. The molecule has 0 bridgehead atoms. The molecule has 0 saturated heterocycles. The Morgan fingerprint density at radius 1 is 1.33 bits per heavy atom. The molecule has 0 spiro atoms. The Hall–Kier alpha value is 0.200. The molecule has 0 amide bonds. The van der Waals surface area contributed by atoms with E-state index in [9.17, 15) is 8.42 Å². The van der Waals surface area contributed by atoms with Crippen LogP contribution >= 0.6 is 10.7 Å². The molecular weight excluding hydrogens is 198 g/mol. The maximum atomic E-state index is 10.8. The first kappa shape index (κ1) is 12.2. The van der Waals surface area contributed by atoms with E-state index in [2.05, 4.69) is 0 Å². The third kappa shape index (κ3) is 4.28. The van der Waals surface area contributed by atoms with Crippen LogP contribution in [0.15, 0.2) is 0 Å². The summed E-state index contributed by atoms with van der Waals surface area (Å²) in [6.45, 7) is 5.94. The molecule has 0 aliphatic heterocycles. The summed E-state index contributed by atoms with van der Waals surface area (Å²) in [6, 6.07) is -0.0347. The first-order chi connectivity index (χ1) is 5.25. The van der Waals surface area contributed by atoms with Crippen molar-refractivity contribution < 1.29 is 8.42 Å². The zero-order chi connectivity index (χ0) is 9.94. The van der Waals surface area contributed by atoms with Crippen LogP contribution in [0.3, 0.4) is 0 Å². The summed E-state index contributed by atoms with van der Waals surface area (Å²) in [5, 5.41) is 0. The lowest BCUT2D eigenvalue weighted by Gasteiger charge is -2.22. The fourth-order valence-electron chi connectivity index (χ4n) is 1.05. The van der Waals surface area contributed by atoms with Crippen molar-refractivity contribution >= 4 is 19.9 Å². The summed E-state index contributed by atoms with van der Waals surface area (Å²) in [5.74, 6) is 0.473. The third-order valence-corrected chi connectivity index (χ3v) is 3.48. The first-order valence-electron chi connectivity index (χ1n) is 3.92. The van der Waals surface area contributed by atoms with E-state index in [1.54, 1.807) is 0 Å². The molecule has 0 saturated carbocycles. The molecular formula is C7H16ClNO2S. The van der Waals surface area contributed by atoms with E-state index in [0.717, 1.165) is 6.42 Å². The van der Waals surface area contributed by atoms with Gasteiger partial charge in [0, 0.05) is 23.8 Å². The van der Waals surface area contributed by atoms with Gasteiger partial charge in [0.25, 0.3) is 9.24 Å². The van der Waals surface area contributed by atoms with Crippen LogP contribution in [-0.2, 0) is 9.24 Å². The molecule has 0 aliphatic carbocycles. The van der Waals surface area contributed by atoms with Gasteiger partial charge in [-0.25, -0.2) is 0 Å². The summed E-state index contributed by atoms with van der Waals surface area (Å²) < 4.78 is 22.9. The molecule has 0 rings (SSSR count). The first-order valence-corrected chi connectivity index (χ1v) is 6.19. The molecule has 0 aromatic carbocycles. The highest BCUT2D eigenvalue weighted by Gasteiger charge is 2.20. The van der Waals surface area contributed by atoms with Crippen LogP contribution in [0.5, 0.6) is 0 Å². The predicted octanol–water partition coefficient (Wildman–Crippen LogP) is 1.84. The summed E-state index contributed by atoms with van der Waals surface area (Å²) >= 11 is 0. The van der Waals surface area contributed by atoms with Gasteiger partial charge in [-0.1, -0.05) is 13.8 Å². The molecule has 3 nitrogen and oxygen atoms in total. The van der Waals surface area contributed by atoms with E-state index >= 15 is 0 Å². The van der Waals surface area contributed by atoms with Gasteiger partial charge in [-0.05, 0) is 19.3 Å². The zero-order valence-corrected chi connectivity index (χ0v) is 9.48. The van der Waals surface area contributed by atoms with Crippen molar-refractivity contribution in [1.82, 2.24) is 4.31 Å². The number of rotatable bonds is 4. The second kappa shape index (κ2) is 4.44. The molecule has 0 N–H and O–H groups in total. The monoisotopic (exact) mass is 213 g/mol. The average molecular weight is 214 g/mol. The van der Waals surface area contributed by atoms with Crippen LogP contribution < -0.4 is 0 Å². The minimum absolute atomic E-state index is 0.0347. The summed E-state index contributed by atoms with van der Waals surface area (Å²) in [5.41, 5.74) is 0. The second-order valence-electron chi connectivity index (χ2n) is 3.44. The van der Waals surface area contributed by atoms with Crippen molar-refractivity contribution in [2.45, 2.75) is 33.2 Å². The minimum atomic E-state index is -3.54. The average Bonchev–Trinajstić information content (AvgIpc) is 1.82. The van der Waals surface area contributed by atoms with E-state index in [4.69, 9.17) is 10.7 Å². The number of hydrogen-bond acceptors (Lipinski definition) is 2. The Bertz CT molecular complexity index is 226. The maximum Gasteiger partial charge on any atom is 0.299 e. The second-order valence-corrected chi connectivity index (χ2v) is 6.01. The molecule has 0 aliphatic rings. The number of nitrogens with zero attached hydrogens (tertiary/aromatic N) is 1. The van der Waals surface area contributed by atoms with Gasteiger partial charge in [-0.3, -0.25) is 0 Å². The standard InChI is InChI=1S/C7H16ClNO2S/c1-6(2)5-7(3)9(4)12(8,10)11/h6-7H,5H2,1-4H3. The van der Waals surface area contributed by atoms with Crippen molar-refractivity contribution in [2.24, 2.45) is 5.92 Å². The highest BCUT2D eigenvalue weighted by Crippen LogP contribution is 2.14. The normalized spacial score (nSPS) is 15.6. The molecule has 12 heavy (non-hydrogen) atoms. The smallest absolute Gasteiger partial charge is 0.195 e. The van der Waals surface area contributed by atoms with Gasteiger partial charge in [-0.15, -0.1) is 0 Å². The van der Waals surface area contributed by atoms with Crippen LogP contribution in [0.4, 0.5) is 0 Å². The summed E-state index contributed by atoms with van der Waals surface area (Å²) in [7, 11) is 3.11. The highest BCUT2D eigenvalue weighted by molar-refractivity contribution is 8.11. The van der Waals surface area contributed by atoms with Crippen LogP contribution in [0, 0.1) is 5.92 Å². The number of hydrogen-bond donors (Lipinski definition) is 0. The molecule has 0 fully saturated rings. The van der Waals surface area contributed by atoms with Gasteiger partial charge in [0.05, 0.1) is 0 Å². The molecule has 0 radical (unpaired) electrons. The lowest BCUT2D eigenvalue weighted by Crippen LogP contribution is -2.32. The quantitative estimate of drug-likeness (QED) is 0.669. The van der Waals surface area contributed by atoms with Crippen molar-refractivity contribution in [3.63, 3.8) is 0 Å². The number of halogens is 1. The lowest BCUT2D eigenvalue weighted by atomic mass is 10.1. The fraction of sp³-hybridized carbons (Fsp3) is 1.00. The van der Waals surface area contributed by atoms with Crippen LogP contribution in [0.25, 0.3) is 0 Å². The predicted molar refractivity (Wildman–Crippen MR) is 51.5 cm³/mol. The molecule has 0 heterocycles. The Balaban J connectivity index is 4.21. The van der Waals surface area contributed by atoms with Gasteiger partial charge in [0.15, 0.2) is 0 Å². The highest BCUT2D eigenvalue weighted by atomic mass is 35.7. The van der Waals surface area contributed by atoms with Gasteiger partial charge in [0.1, 0.15) is 0 Å². The van der Waals surface area contributed by atoms with E-state index in [1.165, 1.54) is 11.4 Å². The van der Waals surface area contributed by atoms with Crippen LogP contribution in [-0.4, -0.2) is 25.8 Å². The van der Waals surface area contributed by atoms with Gasteiger partial charge in [0.2, 0.25) is 0 Å². The van der Waals surface area contributed by atoms with Gasteiger partial charge >= 0.3 is 0 Å². The van der Waals surface area contributed by atoms with Crippen molar-refractivity contribution in [1.29, 1.82) is 0 Å². The zero-order valence-electron chi connectivity index (χ0n) is 7.91. The van der Waals surface area contributed by atoms with E-state index in [1.807, 2.05) is 20.8 Å². The lowest BCUT2D eigenvalue weighted by molar-refractivity contribution is 0.343. The van der Waals surface area contributed by atoms with Crippen molar-refractivity contribution in [3.05, 3.63) is 0 Å².